The molecule has 2 rings (SSSR count). The van der Waals surface area contributed by atoms with Gasteiger partial charge in [-0.3, -0.25) is 0 Å². The molecule has 0 radical (unpaired) electrons. The van der Waals surface area contributed by atoms with Crippen LogP contribution in [0.1, 0.15) is 11.1 Å². The molecule has 7 heteroatoms. The summed E-state index contributed by atoms with van der Waals surface area (Å²) in [4.78, 5) is 2.03. The van der Waals surface area contributed by atoms with Gasteiger partial charge in [-0.25, -0.2) is 12.8 Å². The van der Waals surface area contributed by atoms with Crippen LogP contribution in [-0.2, 0) is 16.6 Å². The van der Waals surface area contributed by atoms with Gasteiger partial charge < -0.3 is 4.90 Å². The van der Waals surface area contributed by atoms with Crippen molar-refractivity contribution in [1.82, 2.24) is 9.21 Å². The summed E-state index contributed by atoms with van der Waals surface area (Å²) < 4.78 is 41.6. The molecular weight excluding hydrogens is 363 g/mol. The molecule has 25 heavy (non-hydrogen) atoms. The van der Waals surface area contributed by atoms with Crippen LogP contribution >= 0.6 is 11.6 Å². The first-order valence-electron chi connectivity index (χ1n) is 7.86. The molecule has 0 saturated heterocycles. The lowest BCUT2D eigenvalue weighted by molar-refractivity contribution is 0.326. The van der Waals surface area contributed by atoms with E-state index in [0.29, 0.717) is 22.7 Å². The van der Waals surface area contributed by atoms with Crippen molar-refractivity contribution in [3.8, 4) is 0 Å². The van der Waals surface area contributed by atoms with E-state index in [1.165, 1.54) is 16.4 Å². The maximum absolute atomic E-state index is 14.0. The van der Waals surface area contributed by atoms with Gasteiger partial charge in [-0.05, 0) is 44.8 Å². The molecule has 0 bridgehead atoms. The first kappa shape index (κ1) is 19.8. The summed E-state index contributed by atoms with van der Waals surface area (Å²) in [7, 11) is -0.0900. The van der Waals surface area contributed by atoms with Gasteiger partial charge in [0.2, 0.25) is 10.0 Å². The van der Waals surface area contributed by atoms with Crippen molar-refractivity contribution < 1.29 is 12.8 Å². The summed E-state index contributed by atoms with van der Waals surface area (Å²) in [5.74, 6) is -0.421. The summed E-state index contributed by atoms with van der Waals surface area (Å²) in [5, 5.41) is 0.350. The van der Waals surface area contributed by atoms with Gasteiger partial charge in [0.1, 0.15) is 5.82 Å². The lowest BCUT2D eigenvalue weighted by Gasteiger charge is -2.25. The Hall–Kier alpha value is -1.47. The highest BCUT2D eigenvalue weighted by molar-refractivity contribution is 7.89. The van der Waals surface area contributed by atoms with Crippen LogP contribution in [0.4, 0.5) is 4.39 Å². The zero-order valence-corrected chi connectivity index (χ0v) is 16.1. The van der Waals surface area contributed by atoms with Crippen molar-refractivity contribution in [2.45, 2.75) is 18.4 Å². The minimum absolute atomic E-state index is 0.0329. The van der Waals surface area contributed by atoms with Gasteiger partial charge in [0, 0.05) is 30.2 Å². The molecule has 0 spiro atoms. The first-order valence-corrected chi connectivity index (χ1v) is 9.68. The molecule has 0 aliphatic rings. The molecular formula is C18H22ClFN2O2S. The Morgan fingerprint density at radius 2 is 1.76 bits per heavy atom. The minimum Gasteiger partial charge on any atom is -0.308 e. The second-order valence-electron chi connectivity index (χ2n) is 6.14. The molecule has 4 nitrogen and oxygen atoms in total. The lowest BCUT2D eigenvalue weighted by Crippen LogP contribution is -2.36. The molecule has 0 N–H and O–H groups in total. The maximum Gasteiger partial charge on any atom is 0.243 e. The van der Waals surface area contributed by atoms with Gasteiger partial charge in [0.15, 0.2) is 0 Å². The van der Waals surface area contributed by atoms with Crippen molar-refractivity contribution in [2.75, 3.05) is 27.2 Å². The van der Waals surface area contributed by atoms with Gasteiger partial charge in [-0.2, -0.15) is 4.31 Å². The number of nitrogens with zero attached hydrogens (tertiary/aromatic N) is 2. The molecule has 0 atom stereocenters. The SMILES string of the molecule is Cc1ccc(Cl)cc1S(=O)(=O)N(CCN(C)C)Cc1ccccc1F. The largest absolute Gasteiger partial charge is 0.308 e. The van der Waals surface area contributed by atoms with Crippen LogP contribution < -0.4 is 0 Å². The highest BCUT2D eigenvalue weighted by Crippen LogP contribution is 2.25. The van der Waals surface area contributed by atoms with E-state index in [0.717, 1.165) is 0 Å². The number of aryl methyl sites for hydroxylation is 1. The number of likely N-dealkylation sites (N-methyl/N-ethyl adjacent to an activating group) is 1. The second kappa shape index (κ2) is 8.27. The van der Waals surface area contributed by atoms with E-state index in [9.17, 15) is 12.8 Å². The van der Waals surface area contributed by atoms with Gasteiger partial charge in [-0.15, -0.1) is 0 Å². The van der Waals surface area contributed by atoms with Crippen LogP contribution in [0.2, 0.25) is 5.02 Å². The van der Waals surface area contributed by atoms with Gasteiger partial charge in [0.05, 0.1) is 4.90 Å². The highest BCUT2D eigenvalue weighted by atomic mass is 35.5. The van der Waals surface area contributed by atoms with E-state index >= 15 is 0 Å². The summed E-state index contributed by atoms with van der Waals surface area (Å²) in [6.45, 7) is 2.45. The van der Waals surface area contributed by atoms with Crippen LogP contribution in [0.3, 0.4) is 0 Å². The van der Waals surface area contributed by atoms with E-state index in [1.807, 2.05) is 19.0 Å². The number of hydrogen-bond acceptors (Lipinski definition) is 3. The Kier molecular flexibility index (Phi) is 6.57. The zero-order chi connectivity index (χ0) is 18.6. The smallest absolute Gasteiger partial charge is 0.243 e. The third-order valence-corrected chi connectivity index (χ3v) is 6.09. The Morgan fingerprint density at radius 1 is 1.08 bits per heavy atom. The Labute approximate surface area is 153 Å². The van der Waals surface area contributed by atoms with Crippen LogP contribution in [0, 0.1) is 12.7 Å². The van der Waals surface area contributed by atoms with E-state index in [1.54, 1.807) is 37.3 Å². The molecule has 0 fully saturated rings. The molecule has 0 heterocycles. The van der Waals surface area contributed by atoms with Crippen LogP contribution in [0.25, 0.3) is 0 Å². The van der Waals surface area contributed by atoms with Crippen molar-refractivity contribution in [3.63, 3.8) is 0 Å². The van der Waals surface area contributed by atoms with E-state index in [-0.39, 0.29) is 18.0 Å². The van der Waals surface area contributed by atoms with Crippen molar-refractivity contribution in [1.29, 1.82) is 0 Å². The van der Waals surface area contributed by atoms with Crippen molar-refractivity contribution in [3.05, 3.63) is 64.4 Å². The summed E-state index contributed by atoms with van der Waals surface area (Å²) in [6, 6.07) is 11.0. The van der Waals surface area contributed by atoms with E-state index in [2.05, 4.69) is 0 Å². The normalized spacial score (nSPS) is 12.1. The number of hydrogen-bond donors (Lipinski definition) is 0. The van der Waals surface area contributed by atoms with Crippen molar-refractivity contribution in [2.24, 2.45) is 0 Å². The van der Waals surface area contributed by atoms with Gasteiger partial charge in [-0.1, -0.05) is 35.9 Å². The Bertz CT molecular complexity index is 841. The first-order chi connectivity index (χ1) is 11.7. The predicted molar refractivity (Wildman–Crippen MR) is 98.7 cm³/mol. The molecule has 0 unspecified atom stereocenters. The second-order valence-corrected chi connectivity index (χ2v) is 8.49. The zero-order valence-electron chi connectivity index (χ0n) is 14.5. The molecule has 0 amide bonds. The van der Waals surface area contributed by atoms with Crippen LogP contribution in [0.5, 0.6) is 0 Å². The highest BCUT2D eigenvalue weighted by Gasteiger charge is 2.27. The third-order valence-electron chi connectivity index (χ3n) is 3.87. The van der Waals surface area contributed by atoms with Crippen molar-refractivity contribution >= 4 is 21.6 Å². The third kappa shape index (κ3) is 5.01. The number of rotatable bonds is 7. The monoisotopic (exact) mass is 384 g/mol. The Balaban J connectivity index is 2.43. The number of sulfonamides is 1. The summed E-state index contributed by atoms with van der Waals surface area (Å²) >= 11 is 5.99. The minimum atomic E-state index is -3.81. The molecule has 2 aromatic rings. The standard InChI is InChI=1S/C18H22ClFN2O2S/c1-14-8-9-16(19)12-18(14)25(23,24)22(11-10-21(2)3)13-15-6-4-5-7-17(15)20/h4-9,12H,10-11,13H2,1-3H3. The fourth-order valence-corrected chi connectivity index (χ4v) is 4.30. The van der Waals surface area contributed by atoms with Crippen LogP contribution in [0.15, 0.2) is 47.4 Å². The summed E-state index contributed by atoms with van der Waals surface area (Å²) in [5.41, 5.74) is 0.942. The molecule has 0 aromatic heterocycles. The van der Waals surface area contributed by atoms with E-state index in [4.69, 9.17) is 11.6 Å². The van der Waals surface area contributed by atoms with Gasteiger partial charge in [0.25, 0.3) is 0 Å². The molecule has 136 valence electrons. The average molecular weight is 385 g/mol. The predicted octanol–water partition coefficient (Wildman–Crippen LogP) is 3.54. The lowest BCUT2D eigenvalue weighted by atomic mass is 10.2. The number of benzene rings is 2. The average Bonchev–Trinajstić information content (AvgIpc) is 2.54. The van der Waals surface area contributed by atoms with Crippen LogP contribution in [-0.4, -0.2) is 44.8 Å². The summed E-state index contributed by atoms with van der Waals surface area (Å²) in [6.07, 6.45) is 0. The molecule has 0 saturated carbocycles. The quantitative estimate of drug-likeness (QED) is 0.733. The number of halogens is 2. The fraction of sp³-hybridized carbons (Fsp3) is 0.333. The molecule has 2 aromatic carbocycles. The van der Waals surface area contributed by atoms with E-state index < -0.39 is 15.8 Å². The Morgan fingerprint density at radius 3 is 2.40 bits per heavy atom. The maximum atomic E-state index is 14.0. The molecule has 0 aliphatic carbocycles. The topological polar surface area (TPSA) is 40.6 Å². The fourth-order valence-electron chi connectivity index (χ4n) is 2.40. The molecule has 0 aliphatic heterocycles. The van der Waals surface area contributed by atoms with Gasteiger partial charge >= 0.3 is 0 Å².